The molecule has 0 aliphatic heterocycles. The van der Waals surface area contributed by atoms with Gasteiger partial charge in [-0.2, -0.15) is 0 Å². The highest BCUT2D eigenvalue weighted by atomic mass is 16.3. The molecule has 5 nitrogen and oxygen atoms in total. The Morgan fingerprint density at radius 1 is 1.11 bits per heavy atom. The molecule has 0 fully saturated rings. The van der Waals surface area contributed by atoms with Gasteiger partial charge in [0.15, 0.2) is 5.76 Å². The fourth-order valence-electron chi connectivity index (χ4n) is 1.37. The van der Waals surface area contributed by atoms with Crippen molar-refractivity contribution in [2.24, 2.45) is 0 Å². The Hall–Kier alpha value is -2.56. The first-order chi connectivity index (χ1) is 8.65. The van der Waals surface area contributed by atoms with Gasteiger partial charge in [-0.25, -0.2) is 4.79 Å². The molecule has 2 aromatic rings. The number of nitrogens with one attached hydrogen (secondary N) is 2. The second-order valence-corrected chi connectivity index (χ2v) is 3.75. The lowest BCUT2D eigenvalue weighted by Crippen LogP contribution is -2.34. The molecule has 0 radical (unpaired) electrons. The van der Waals surface area contributed by atoms with Gasteiger partial charge in [-0.15, -0.1) is 0 Å². The Morgan fingerprint density at radius 3 is 2.44 bits per heavy atom. The second kappa shape index (κ2) is 5.18. The summed E-state index contributed by atoms with van der Waals surface area (Å²) >= 11 is 0. The van der Waals surface area contributed by atoms with E-state index >= 15 is 0 Å². The second-order valence-electron chi connectivity index (χ2n) is 3.75. The minimum absolute atomic E-state index is 0.0917. The number of hydrogen-bond acceptors (Lipinski definition) is 3. The minimum atomic E-state index is -0.597. The first-order valence-corrected chi connectivity index (χ1v) is 5.37. The summed E-state index contributed by atoms with van der Waals surface area (Å²) in [6, 6.07) is 9.70. The van der Waals surface area contributed by atoms with Crippen molar-refractivity contribution in [2.75, 3.05) is 5.32 Å². The Morgan fingerprint density at radius 2 is 1.83 bits per heavy atom. The molecule has 2 N–H and O–H groups in total. The molecule has 0 aliphatic rings. The van der Waals surface area contributed by atoms with Crippen LogP contribution in [0.15, 0.2) is 47.1 Å². The molecule has 5 heteroatoms. The van der Waals surface area contributed by atoms with E-state index < -0.39 is 11.9 Å². The lowest BCUT2D eigenvalue weighted by atomic mass is 10.2. The average molecular weight is 244 g/mol. The topological polar surface area (TPSA) is 71.3 Å². The lowest BCUT2D eigenvalue weighted by molar-refractivity contribution is 0.0940. The van der Waals surface area contributed by atoms with Crippen molar-refractivity contribution in [3.05, 3.63) is 54.0 Å². The zero-order valence-corrected chi connectivity index (χ0v) is 9.77. The van der Waals surface area contributed by atoms with Crippen molar-refractivity contribution in [2.45, 2.75) is 6.92 Å². The van der Waals surface area contributed by atoms with Gasteiger partial charge < -0.3 is 9.73 Å². The summed E-state index contributed by atoms with van der Waals surface area (Å²) in [7, 11) is 0. The van der Waals surface area contributed by atoms with Crippen molar-refractivity contribution >= 4 is 17.6 Å². The van der Waals surface area contributed by atoms with Gasteiger partial charge in [-0.05, 0) is 31.2 Å². The number of amides is 3. The van der Waals surface area contributed by atoms with Crippen LogP contribution in [0.3, 0.4) is 0 Å². The number of furan rings is 1. The van der Waals surface area contributed by atoms with Crippen LogP contribution in [0.5, 0.6) is 0 Å². The van der Waals surface area contributed by atoms with Crippen molar-refractivity contribution in [1.82, 2.24) is 5.32 Å². The molecule has 2 rings (SSSR count). The summed E-state index contributed by atoms with van der Waals surface area (Å²) in [5.41, 5.74) is 1.71. The van der Waals surface area contributed by atoms with Crippen LogP contribution < -0.4 is 10.6 Å². The largest absolute Gasteiger partial charge is 0.459 e. The third-order valence-corrected chi connectivity index (χ3v) is 2.28. The Bertz CT molecular complexity index is 544. The first kappa shape index (κ1) is 11.9. The van der Waals surface area contributed by atoms with Gasteiger partial charge in [0.2, 0.25) is 0 Å². The number of aryl methyl sites for hydroxylation is 1. The molecule has 1 aromatic carbocycles. The van der Waals surface area contributed by atoms with Gasteiger partial charge in [0.25, 0.3) is 5.91 Å². The minimum Gasteiger partial charge on any atom is -0.459 e. The zero-order valence-electron chi connectivity index (χ0n) is 9.77. The summed E-state index contributed by atoms with van der Waals surface area (Å²) in [6.45, 7) is 1.95. The number of benzene rings is 1. The van der Waals surface area contributed by atoms with Gasteiger partial charge in [-0.3, -0.25) is 10.1 Å². The number of hydrogen-bond donors (Lipinski definition) is 2. The molecule has 1 aromatic heterocycles. The number of urea groups is 1. The maximum absolute atomic E-state index is 11.5. The van der Waals surface area contributed by atoms with E-state index in [9.17, 15) is 9.59 Å². The van der Waals surface area contributed by atoms with Gasteiger partial charge in [0.1, 0.15) is 0 Å². The molecule has 92 valence electrons. The van der Waals surface area contributed by atoms with Gasteiger partial charge >= 0.3 is 6.03 Å². The summed E-state index contributed by atoms with van der Waals surface area (Å²) in [4.78, 5) is 23.0. The molecule has 0 unspecified atom stereocenters. The van der Waals surface area contributed by atoms with Crippen LogP contribution in [0.1, 0.15) is 16.1 Å². The van der Waals surface area contributed by atoms with Crippen molar-refractivity contribution < 1.29 is 14.0 Å². The quantitative estimate of drug-likeness (QED) is 0.852. The van der Waals surface area contributed by atoms with E-state index in [1.807, 2.05) is 19.1 Å². The highest BCUT2D eigenvalue weighted by molar-refractivity contribution is 6.06. The maximum atomic E-state index is 11.5. The monoisotopic (exact) mass is 244 g/mol. The summed E-state index contributed by atoms with van der Waals surface area (Å²) in [5.74, 6) is -0.487. The van der Waals surface area contributed by atoms with Gasteiger partial charge in [0.05, 0.1) is 6.26 Å². The van der Waals surface area contributed by atoms with E-state index in [0.29, 0.717) is 5.69 Å². The van der Waals surface area contributed by atoms with Crippen LogP contribution in [0.2, 0.25) is 0 Å². The van der Waals surface area contributed by atoms with Crippen LogP contribution in [0.4, 0.5) is 10.5 Å². The van der Waals surface area contributed by atoms with E-state index in [-0.39, 0.29) is 5.76 Å². The fourth-order valence-corrected chi connectivity index (χ4v) is 1.37. The number of rotatable bonds is 2. The van der Waals surface area contributed by atoms with E-state index in [2.05, 4.69) is 10.6 Å². The molecule has 0 aliphatic carbocycles. The van der Waals surface area contributed by atoms with Crippen LogP contribution in [-0.4, -0.2) is 11.9 Å². The third-order valence-electron chi connectivity index (χ3n) is 2.28. The van der Waals surface area contributed by atoms with E-state index in [1.54, 1.807) is 18.2 Å². The average Bonchev–Trinajstić information content (AvgIpc) is 2.85. The summed E-state index contributed by atoms with van der Waals surface area (Å²) in [5, 5.41) is 4.71. The molecule has 0 saturated carbocycles. The molecule has 0 bridgehead atoms. The van der Waals surface area contributed by atoms with Crippen LogP contribution in [-0.2, 0) is 0 Å². The Balaban J connectivity index is 1.93. The van der Waals surface area contributed by atoms with E-state index in [0.717, 1.165) is 5.56 Å². The first-order valence-electron chi connectivity index (χ1n) is 5.37. The predicted molar refractivity (Wildman–Crippen MR) is 66.4 cm³/mol. The number of imide groups is 1. The van der Waals surface area contributed by atoms with Crippen molar-refractivity contribution in [1.29, 1.82) is 0 Å². The molecule has 3 amide bonds. The molecule has 1 heterocycles. The van der Waals surface area contributed by atoms with Crippen LogP contribution in [0.25, 0.3) is 0 Å². The zero-order chi connectivity index (χ0) is 13.0. The summed E-state index contributed by atoms with van der Waals surface area (Å²) < 4.78 is 4.87. The normalized spacial score (nSPS) is 9.83. The van der Waals surface area contributed by atoms with E-state index in [1.165, 1.54) is 12.3 Å². The van der Waals surface area contributed by atoms with Crippen LogP contribution in [0, 0.1) is 6.92 Å². The standard InChI is InChI=1S/C13H12N2O3/c1-9-4-6-10(7-5-9)14-13(17)15-12(16)11-3-2-8-18-11/h2-8H,1H3,(H2,14,15,16,17). The lowest BCUT2D eigenvalue weighted by Gasteiger charge is -2.05. The van der Waals surface area contributed by atoms with Crippen LogP contribution >= 0.6 is 0 Å². The SMILES string of the molecule is Cc1ccc(NC(=O)NC(=O)c2ccco2)cc1. The third kappa shape index (κ3) is 2.98. The fraction of sp³-hybridized carbons (Fsp3) is 0.0769. The molecular formula is C13H12N2O3. The molecular weight excluding hydrogens is 232 g/mol. The number of carbonyl (C=O) groups is 2. The molecule has 0 atom stereocenters. The highest BCUT2D eigenvalue weighted by Gasteiger charge is 2.12. The van der Waals surface area contributed by atoms with E-state index in [4.69, 9.17) is 4.42 Å². The molecule has 0 saturated heterocycles. The van der Waals surface area contributed by atoms with Gasteiger partial charge in [0, 0.05) is 5.69 Å². The maximum Gasteiger partial charge on any atom is 0.326 e. The summed E-state index contributed by atoms with van der Waals surface area (Å²) in [6.07, 6.45) is 1.37. The van der Waals surface area contributed by atoms with Crippen molar-refractivity contribution in [3.8, 4) is 0 Å². The Kier molecular flexibility index (Phi) is 3.43. The van der Waals surface area contributed by atoms with Gasteiger partial charge in [-0.1, -0.05) is 17.7 Å². The molecule has 18 heavy (non-hydrogen) atoms. The Labute approximate surface area is 104 Å². The smallest absolute Gasteiger partial charge is 0.326 e. The number of carbonyl (C=O) groups excluding carboxylic acids is 2. The highest BCUT2D eigenvalue weighted by Crippen LogP contribution is 2.08. The molecule has 0 spiro atoms. The predicted octanol–water partition coefficient (Wildman–Crippen LogP) is 2.55. The van der Waals surface area contributed by atoms with Crippen molar-refractivity contribution in [3.63, 3.8) is 0 Å². The number of anilines is 1.